The third-order valence-electron chi connectivity index (χ3n) is 4.58. The predicted molar refractivity (Wildman–Crippen MR) is 119 cm³/mol. The van der Waals surface area contributed by atoms with Crippen LogP contribution in [0.4, 0.5) is 10.1 Å². The summed E-state index contributed by atoms with van der Waals surface area (Å²) in [6.45, 7) is 1.84. The van der Waals surface area contributed by atoms with E-state index in [1.807, 2.05) is 0 Å². The van der Waals surface area contributed by atoms with Crippen molar-refractivity contribution in [3.63, 3.8) is 0 Å². The van der Waals surface area contributed by atoms with Crippen LogP contribution < -0.4 is 4.31 Å². The number of hydrogen-bond donors (Lipinski definition) is 0. The molecule has 0 saturated heterocycles. The van der Waals surface area contributed by atoms with E-state index in [1.165, 1.54) is 47.8 Å². The number of nitrogens with zero attached hydrogens (tertiary/aromatic N) is 2. The second-order valence-corrected chi connectivity index (χ2v) is 11.7. The zero-order valence-electron chi connectivity index (χ0n) is 16.7. The van der Waals surface area contributed by atoms with Crippen molar-refractivity contribution in [2.24, 2.45) is 0 Å². The van der Waals surface area contributed by atoms with E-state index in [4.69, 9.17) is 23.2 Å². The Hall–Kier alpha value is -1.39. The van der Waals surface area contributed by atoms with Gasteiger partial charge in [-0.15, -0.1) is 0 Å². The Morgan fingerprint density at radius 2 is 1.57 bits per heavy atom. The van der Waals surface area contributed by atoms with Gasteiger partial charge >= 0.3 is 0 Å². The van der Waals surface area contributed by atoms with E-state index < -0.39 is 31.9 Å². The maximum Gasteiger partial charge on any atom is 0.264 e. The molecule has 0 bridgehead atoms. The highest BCUT2D eigenvalue weighted by molar-refractivity contribution is 7.92. The summed E-state index contributed by atoms with van der Waals surface area (Å²) in [6.07, 6.45) is 1.76. The van der Waals surface area contributed by atoms with Crippen LogP contribution in [0.1, 0.15) is 19.8 Å². The molecular formula is C19H23Cl2FN2O4S2. The van der Waals surface area contributed by atoms with E-state index in [0.29, 0.717) is 17.9 Å². The quantitative estimate of drug-likeness (QED) is 0.515. The van der Waals surface area contributed by atoms with E-state index in [2.05, 4.69) is 0 Å². The Morgan fingerprint density at radius 3 is 2.13 bits per heavy atom. The van der Waals surface area contributed by atoms with E-state index in [-0.39, 0.29) is 22.2 Å². The Morgan fingerprint density at radius 1 is 1.00 bits per heavy atom. The van der Waals surface area contributed by atoms with Gasteiger partial charge < -0.3 is 0 Å². The first-order valence-corrected chi connectivity index (χ1v) is 13.0. The molecular weight excluding hydrogens is 474 g/mol. The topological polar surface area (TPSA) is 74.8 Å². The van der Waals surface area contributed by atoms with Gasteiger partial charge in [0.15, 0.2) is 0 Å². The lowest BCUT2D eigenvalue weighted by Gasteiger charge is -2.31. The predicted octanol–water partition coefficient (Wildman–Crippen LogP) is 4.39. The average Bonchev–Trinajstić information content (AvgIpc) is 2.64. The Kier molecular flexibility index (Phi) is 8.15. The van der Waals surface area contributed by atoms with Gasteiger partial charge in [-0.1, -0.05) is 23.2 Å². The molecule has 0 saturated carbocycles. The van der Waals surface area contributed by atoms with Gasteiger partial charge in [0.05, 0.1) is 16.8 Å². The molecule has 0 aliphatic carbocycles. The molecule has 2 aromatic rings. The summed E-state index contributed by atoms with van der Waals surface area (Å²) in [7, 11) is -6.05. The van der Waals surface area contributed by atoms with Gasteiger partial charge in [0.2, 0.25) is 10.0 Å². The van der Waals surface area contributed by atoms with E-state index in [1.54, 1.807) is 6.92 Å². The molecule has 0 heterocycles. The van der Waals surface area contributed by atoms with Crippen molar-refractivity contribution >= 4 is 48.9 Å². The van der Waals surface area contributed by atoms with Crippen LogP contribution in [-0.4, -0.2) is 47.0 Å². The molecule has 11 heteroatoms. The highest BCUT2D eigenvalue weighted by Crippen LogP contribution is 2.32. The first kappa shape index (κ1) is 24.9. The Labute approximate surface area is 187 Å². The summed E-state index contributed by atoms with van der Waals surface area (Å²) in [6, 6.07) is 8.58. The van der Waals surface area contributed by atoms with Crippen molar-refractivity contribution in [3.8, 4) is 0 Å². The van der Waals surface area contributed by atoms with Gasteiger partial charge in [0.1, 0.15) is 5.82 Å². The number of hydrogen-bond acceptors (Lipinski definition) is 4. The molecule has 0 amide bonds. The molecule has 0 aliphatic heterocycles. The Balaban J connectivity index is 2.41. The van der Waals surface area contributed by atoms with Crippen LogP contribution in [0.2, 0.25) is 10.0 Å². The minimum absolute atomic E-state index is 0.0496. The third kappa shape index (κ3) is 6.07. The molecule has 1 atom stereocenters. The monoisotopic (exact) mass is 496 g/mol. The van der Waals surface area contributed by atoms with Gasteiger partial charge in [-0.2, -0.15) is 0 Å². The first-order chi connectivity index (χ1) is 13.8. The average molecular weight is 497 g/mol. The molecule has 166 valence electrons. The molecule has 2 aromatic carbocycles. The van der Waals surface area contributed by atoms with Crippen molar-refractivity contribution < 1.29 is 21.2 Å². The standard InChI is InChI=1S/C19H23Cl2FN2O4S2/c1-14(5-4-12-23(2)29(3,25)26)24(19-13-16(21)8-11-18(19)22)30(27,28)17-9-6-15(20)7-10-17/h6-11,13-14H,4-5,12H2,1-3H3. The maximum atomic E-state index is 14.6. The van der Waals surface area contributed by atoms with Crippen LogP contribution in [0.25, 0.3) is 0 Å². The molecule has 30 heavy (non-hydrogen) atoms. The summed E-state index contributed by atoms with van der Waals surface area (Å²) >= 11 is 11.9. The highest BCUT2D eigenvalue weighted by atomic mass is 35.5. The van der Waals surface area contributed by atoms with E-state index in [0.717, 1.165) is 16.6 Å². The summed E-state index contributed by atoms with van der Waals surface area (Å²) < 4.78 is 66.7. The van der Waals surface area contributed by atoms with Gasteiger partial charge in [-0.05, 0) is 62.2 Å². The zero-order valence-corrected chi connectivity index (χ0v) is 19.9. The molecule has 0 fully saturated rings. The third-order valence-corrected chi connectivity index (χ3v) is 8.32. The van der Waals surface area contributed by atoms with E-state index >= 15 is 0 Å². The lowest BCUT2D eigenvalue weighted by Crippen LogP contribution is -2.40. The lowest BCUT2D eigenvalue weighted by molar-refractivity contribution is 0.449. The largest absolute Gasteiger partial charge is 0.264 e. The molecule has 0 spiro atoms. The van der Waals surface area contributed by atoms with Crippen LogP contribution in [0.5, 0.6) is 0 Å². The first-order valence-electron chi connectivity index (χ1n) is 9.00. The van der Waals surface area contributed by atoms with Crippen LogP contribution in [-0.2, 0) is 20.0 Å². The van der Waals surface area contributed by atoms with Crippen molar-refractivity contribution in [1.82, 2.24) is 4.31 Å². The van der Waals surface area contributed by atoms with Crippen LogP contribution in [0.3, 0.4) is 0 Å². The van der Waals surface area contributed by atoms with Crippen molar-refractivity contribution in [3.05, 3.63) is 58.3 Å². The molecule has 6 nitrogen and oxygen atoms in total. The molecule has 0 radical (unpaired) electrons. The van der Waals surface area contributed by atoms with Crippen LogP contribution in [0.15, 0.2) is 47.4 Å². The molecule has 2 rings (SSSR count). The lowest BCUT2D eigenvalue weighted by atomic mass is 10.1. The van der Waals surface area contributed by atoms with Crippen molar-refractivity contribution in [1.29, 1.82) is 0 Å². The second-order valence-electron chi connectivity index (χ2n) is 6.93. The summed E-state index contributed by atoms with van der Waals surface area (Å²) in [5.74, 6) is -0.739. The highest BCUT2D eigenvalue weighted by Gasteiger charge is 2.31. The minimum atomic E-state index is -4.14. The zero-order chi connectivity index (χ0) is 22.7. The molecule has 0 N–H and O–H groups in total. The maximum absolute atomic E-state index is 14.6. The Bertz CT molecular complexity index is 1090. The van der Waals surface area contributed by atoms with Crippen molar-refractivity contribution in [2.45, 2.75) is 30.7 Å². The van der Waals surface area contributed by atoms with Crippen LogP contribution >= 0.6 is 23.2 Å². The van der Waals surface area contributed by atoms with Gasteiger partial charge in [0, 0.05) is 29.7 Å². The number of anilines is 1. The number of benzene rings is 2. The minimum Gasteiger partial charge on any atom is -0.261 e. The number of halogens is 3. The van der Waals surface area contributed by atoms with Gasteiger partial charge in [0.25, 0.3) is 10.0 Å². The summed E-state index contributed by atoms with van der Waals surface area (Å²) in [5, 5.41) is 0.554. The second kappa shape index (κ2) is 9.82. The van der Waals surface area contributed by atoms with Crippen LogP contribution in [0, 0.1) is 5.82 Å². The smallest absolute Gasteiger partial charge is 0.261 e. The fourth-order valence-electron chi connectivity index (χ4n) is 2.87. The summed E-state index contributed by atoms with van der Waals surface area (Å²) in [4.78, 5) is -0.0496. The fourth-order valence-corrected chi connectivity index (χ4v) is 5.31. The molecule has 0 aromatic heterocycles. The number of sulfonamides is 2. The molecule has 1 unspecified atom stereocenters. The normalized spacial score (nSPS) is 13.4. The fraction of sp³-hybridized carbons (Fsp3) is 0.368. The summed E-state index contributed by atoms with van der Waals surface area (Å²) in [5.41, 5.74) is -0.179. The van der Waals surface area contributed by atoms with Gasteiger partial charge in [-0.25, -0.2) is 25.5 Å². The molecule has 0 aliphatic rings. The number of rotatable bonds is 9. The van der Waals surface area contributed by atoms with Crippen molar-refractivity contribution in [2.75, 3.05) is 24.2 Å². The van der Waals surface area contributed by atoms with Gasteiger partial charge in [-0.3, -0.25) is 4.31 Å². The SMILES string of the molecule is CC(CCCN(C)S(C)(=O)=O)N(c1cc(Cl)ccc1F)S(=O)(=O)c1ccc(Cl)cc1. The van der Waals surface area contributed by atoms with E-state index in [9.17, 15) is 21.2 Å².